The third-order valence-electron chi connectivity index (χ3n) is 2.13. The van der Waals surface area contributed by atoms with Crippen LogP contribution in [0.25, 0.3) is 0 Å². The molecule has 0 aromatic carbocycles. The summed E-state index contributed by atoms with van der Waals surface area (Å²) >= 11 is 0. The second-order valence-electron chi connectivity index (χ2n) is 3.33. The van der Waals surface area contributed by atoms with Crippen LogP contribution >= 0.6 is 0 Å². The fourth-order valence-electron chi connectivity index (χ4n) is 1.19. The highest BCUT2D eigenvalue weighted by molar-refractivity contribution is 5.86. The van der Waals surface area contributed by atoms with Gasteiger partial charge in [-0.3, -0.25) is 0 Å². The number of anilines is 1. The monoisotopic (exact) mass is 224 g/mol. The van der Waals surface area contributed by atoms with Gasteiger partial charge in [-0.25, -0.2) is 4.79 Å². The zero-order valence-corrected chi connectivity index (χ0v) is 9.51. The Kier molecular flexibility index (Phi) is 4.65. The van der Waals surface area contributed by atoms with Gasteiger partial charge in [0.2, 0.25) is 0 Å². The van der Waals surface area contributed by atoms with Crippen molar-refractivity contribution in [3.63, 3.8) is 0 Å². The number of ether oxygens (including phenoxy) is 1. The number of nitrogens with zero attached hydrogens (tertiary/aromatic N) is 3. The van der Waals surface area contributed by atoms with E-state index < -0.39 is 5.97 Å². The molecule has 1 aromatic rings. The van der Waals surface area contributed by atoms with E-state index in [-0.39, 0.29) is 5.69 Å². The van der Waals surface area contributed by atoms with Gasteiger partial charge in [-0.05, 0) is 25.1 Å². The highest BCUT2D eigenvalue weighted by atomic mass is 16.5. The number of nitrogens with two attached hydrogens (primary N) is 1. The molecule has 1 rings (SSSR count). The molecule has 0 spiro atoms. The standard InChI is InChI=1S/C10H16N4O2/c1-14(7-3-6-11)9-5-4-8(12-13-9)10(15)16-2/h4-5H,3,6-7,11H2,1-2H3. The van der Waals surface area contributed by atoms with Crippen LogP contribution in [0.5, 0.6) is 0 Å². The second kappa shape index (κ2) is 6.02. The summed E-state index contributed by atoms with van der Waals surface area (Å²) < 4.78 is 4.53. The lowest BCUT2D eigenvalue weighted by molar-refractivity contribution is 0.0592. The van der Waals surface area contributed by atoms with Crippen LogP contribution in [-0.4, -0.2) is 43.4 Å². The highest BCUT2D eigenvalue weighted by Gasteiger charge is 2.09. The first-order valence-electron chi connectivity index (χ1n) is 5.02. The summed E-state index contributed by atoms with van der Waals surface area (Å²) in [5.74, 6) is 0.227. The number of hydrogen-bond donors (Lipinski definition) is 1. The summed E-state index contributed by atoms with van der Waals surface area (Å²) in [6.07, 6.45) is 0.886. The number of methoxy groups -OCH3 is 1. The molecular formula is C10H16N4O2. The Morgan fingerprint density at radius 1 is 1.50 bits per heavy atom. The molecule has 6 heteroatoms. The number of aromatic nitrogens is 2. The molecule has 0 aliphatic carbocycles. The van der Waals surface area contributed by atoms with Gasteiger partial charge >= 0.3 is 5.97 Å². The van der Waals surface area contributed by atoms with E-state index in [1.165, 1.54) is 7.11 Å². The van der Waals surface area contributed by atoms with Crippen molar-refractivity contribution in [1.29, 1.82) is 0 Å². The van der Waals surface area contributed by atoms with Gasteiger partial charge in [0.15, 0.2) is 11.5 Å². The van der Waals surface area contributed by atoms with Crippen LogP contribution in [0, 0.1) is 0 Å². The fraction of sp³-hybridized carbons (Fsp3) is 0.500. The van der Waals surface area contributed by atoms with E-state index >= 15 is 0 Å². The van der Waals surface area contributed by atoms with E-state index in [0.717, 1.165) is 13.0 Å². The quantitative estimate of drug-likeness (QED) is 0.712. The maximum Gasteiger partial charge on any atom is 0.358 e. The van der Waals surface area contributed by atoms with Crippen molar-refractivity contribution >= 4 is 11.8 Å². The third-order valence-corrected chi connectivity index (χ3v) is 2.13. The molecule has 88 valence electrons. The van der Waals surface area contributed by atoms with Gasteiger partial charge in [-0.1, -0.05) is 0 Å². The molecule has 0 bridgehead atoms. The largest absolute Gasteiger partial charge is 0.464 e. The maximum atomic E-state index is 11.1. The van der Waals surface area contributed by atoms with Gasteiger partial charge < -0.3 is 15.4 Å². The molecule has 2 N–H and O–H groups in total. The van der Waals surface area contributed by atoms with Gasteiger partial charge in [-0.15, -0.1) is 10.2 Å². The minimum atomic E-state index is -0.483. The molecule has 16 heavy (non-hydrogen) atoms. The first-order chi connectivity index (χ1) is 7.69. The minimum Gasteiger partial charge on any atom is -0.464 e. The van der Waals surface area contributed by atoms with Gasteiger partial charge in [0.25, 0.3) is 0 Å². The Morgan fingerprint density at radius 3 is 2.75 bits per heavy atom. The summed E-state index contributed by atoms with van der Waals surface area (Å²) in [7, 11) is 3.21. The number of carbonyl (C=O) groups is 1. The maximum absolute atomic E-state index is 11.1. The molecule has 0 atom stereocenters. The van der Waals surface area contributed by atoms with Crippen LogP contribution in [0.4, 0.5) is 5.82 Å². The lowest BCUT2D eigenvalue weighted by Gasteiger charge is -2.16. The molecule has 0 aliphatic rings. The number of rotatable bonds is 5. The number of hydrogen-bond acceptors (Lipinski definition) is 6. The molecule has 0 amide bonds. The predicted molar refractivity (Wildman–Crippen MR) is 60.3 cm³/mol. The van der Waals surface area contributed by atoms with E-state index in [2.05, 4.69) is 14.9 Å². The van der Waals surface area contributed by atoms with Crippen molar-refractivity contribution in [2.45, 2.75) is 6.42 Å². The van der Waals surface area contributed by atoms with Gasteiger partial charge in [0.1, 0.15) is 0 Å². The van der Waals surface area contributed by atoms with Crippen molar-refractivity contribution < 1.29 is 9.53 Å². The first kappa shape index (κ1) is 12.4. The number of esters is 1. The van der Waals surface area contributed by atoms with E-state index in [0.29, 0.717) is 12.4 Å². The Hall–Kier alpha value is -1.69. The van der Waals surface area contributed by atoms with E-state index in [1.54, 1.807) is 12.1 Å². The van der Waals surface area contributed by atoms with Crippen LogP contribution in [-0.2, 0) is 4.74 Å². The van der Waals surface area contributed by atoms with Crippen molar-refractivity contribution in [1.82, 2.24) is 10.2 Å². The van der Waals surface area contributed by atoms with E-state index in [1.807, 2.05) is 11.9 Å². The third kappa shape index (κ3) is 3.16. The van der Waals surface area contributed by atoms with Crippen LogP contribution in [0.2, 0.25) is 0 Å². The Labute approximate surface area is 94.4 Å². The van der Waals surface area contributed by atoms with Crippen molar-refractivity contribution in [3.8, 4) is 0 Å². The van der Waals surface area contributed by atoms with Crippen molar-refractivity contribution in [3.05, 3.63) is 17.8 Å². The SMILES string of the molecule is COC(=O)c1ccc(N(C)CCCN)nn1. The summed E-state index contributed by atoms with van der Waals surface area (Å²) in [6.45, 7) is 1.45. The molecule has 0 fully saturated rings. The molecule has 1 aromatic heterocycles. The predicted octanol–water partition coefficient (Wildman–Crippen LogP) is 0.0482. The molecule has 0 saturated heterocycles. The molecule has 0 saturated carbocycles. The highest BCUT2D eigenvalue weighted by Crippen LogP contribution is 2.08. The molecular weight excluding hydrogens is 208 g/mol. The second-order valence-corrected chi connectivity index (χ2v) is 3.33. The van der Waals surface area contributed by atoms with E-state index in [9.17, 15) is 4.79 Å². The van der Waals surface area contributed by atoms with E-state index in [4.69, 9.17) is 5.73 Å². The summed E-state index contributed by atoms with van der Waals surface area (Å²) in [5.41, 5.74) is 5.62. The molecule has 6 nitrogen and oxygen atoms in total. The summed E-state index contributed by atoms with van der Waals surface area (Å²) in [4.78, 5) is 13.0. The van der Waals surface area contributed by atoms with Crippen LogP contribution < -0.4 is 10.6 Å². The van der Waals surface area contributed by atoms with Crippen molar-refractivity contribution in [2.24, 2.45) is 5.73 Å². The molecule has 0 radical (unpaired) electrons. The zero-order chi connectivity index (χ0) is 12.0. The molecule has 0 aliphatic heterocycles. The Bertz CT molecular complexity index is 339. The minimum absolute atomic E-state index is 0.207. The first-order valence-corrected chi connectivity index (χ1v) is 5.02. The molecule has 0 unspecified atom stereocenters. The van der Waals surface area contributed by atoms with Crippen LogP contribution in [0.3, 0.4) is 0 Å². The van der Waals surface area contributed by atoms with Crippen LogP contribution in [0.15, 0.2) is 12.1 Å². The van der Waals surface area contributed by atoms with Gasteiger partial charge in [-0.2, -0.15) is 0 Å². The summed E-state index contributed by atoms with van der Waals surface area (Å²) in [6, 6.07) is 3.32. The van der Waals surface area contributed by atoms with Crippen molar-refractivity contribution in [2.75, 3.05) is 32.1 Å². The average Bonchev–Trinajstić information content (AvgIpc) is 2.35. The smallest absolute Gasteiger partial charge is 0.358 e. The Balaban J connectivity index is 2.67. The topological polar surface area (TPSA) is 81.3 Å². The Morgan fingerprint density at radius 2 is 2.25 bits per heavy atom. The van der Waals surface area contributed by atoms with Gasteiger partial charge in [0, 0.05) is 13.6 Å². The molecule has 1 heterocycles. The number of carbonyl (C=O) groups excluding carboxylic acids is 1. The average molecular weight is 224 g/mol. The fourth-order valence-corrected chi connectivity index (χ4v) is 1.19. The summed E-state index contributed by atoms with van der Waals surface area (Å²) in [5, 5.41) is 7.72. The lowest BCUT2D eigenvalue weighted by Crippen LogP contribution is -2.22. The van der Waals surface area contributed by atoms with Crippen LogP contribution in [0.1, 0.15) is 16.9 Å². The zero-order valence-electron chi connectivity index (χ0n) is 9.51. The normalized spacial score (nSPS) is 9.94. The van der Waals surface area contributed by atoms with Gasteiger partial charge in [0.05, 0.1) is 7.11 Å². The lowest BCUT2D eigenvalue weighted by atomic mass is 10.3.